The highest BCUT2D eigenvalue weighted by Crippen LogP contribution is 2.19. The minimum atomic E-state index is -0.118. The molecule has 0 radical (unpaired) electrons. The van der Waals surface area contributed by atoms with E-state index in [0.717, 1.165) is 35.7 Å². The molecule has 5 nitrogen and oxygen atoms in total. The van der Waals surface area contributed by atoms with E-state index in [0.29, 0.717) is 13.2 Å². The fraction of sp³-hybridized carbons (Fsp3) is 0.345. The number of benzene rings is 3. The van der Waals surface area contributed by atoms with Gasteiger partial charge in [0.15, 0.2) is 0 Å². The van der Waals surface area contributed by atoms with Gasteiger partial charge in [0, 0.05) is 29.9 Å². The van der Waals surface area contributed by atoms with Gasteiger partial charge in [-0.1, -0.05) is 75.1 Å². The Morgan fingerprint density at radius 1 is 0.735 bits per heavy atom. The fourth-order valence-corrected chi connectivity index (χ4v) is 3.57. The van der Waals surface area contributed by atoms with Gasteiger partial charge in [-0.15, -0.1) is 0 Å². The van der Waals surface area contributed by atoms with E-state index in [-0.39, 0.29) is 12.5 Å². The molecular formula is C29H36N2O3. The summed E-state index contributed by atoms with van der Waals surface area (Å²) in [6, 6.07) is 25.5. The molecule has 5 heteroatoms. The van der Waals surface area contributed by atoms with E-state index >= 15 is 0 Å². The fourth-order valence-electron chi connectivity index (χ4n) is 3.57. The Labute approximate surface area is 203 Å². The van der Waals surface area contributed by atoms with Crippen LogP contribution >= 0.6 is 0 Å². The summed E-state index contributed by atoms with van der Waals surface area (Å²) in [5.41, 5.74) is 2.82. The van der Waals surface area contributed by atoms with Gasteiger partial charge in [-0.05, 0) is 36.2 Å². The normalized spacial score (nSPS) is 10.5. The molecule has 0 heterocycles. The zero-order valence-electron chi connectivity index (χ0n) is 20.1. The average molecular weight is 461 g/mol. The molecule has 34 heavy (non-hydrogen) atoms. The molecule has 0 fully saturated rings. The second-order valence-corrected chi connectivity index (χ2v) is 8.30. The van der Waals surface area contributed by atoms with Gasteiger partial charge in [-0.3, -0.25) is 4.79 Å². The summed E-state index contributed by atoms with van der Waals surface area (Å²) < 4.78 is 11.7. The third-order valence-electron chi connectivity index (χ3n) is 5.42. The van der Waals surface area contributed by atoms with E-state index in [9.17, 15) is 4.79 Å². The van der Waals surface area contributed by atoms with E-state index in [1.165, 1.54) is 31.2 Å². The second kappa shape index (κ2) is 14.6. The van der Waals surface area contributed by atoms with E-state index in [1.807, 2.05) is 66.7 Å². The molecule has 0 bridgehead atoms. The molecule has 0 aliphatic rings. The van der Waals surface area contributed by atoms with Crippen molar-refractivity contribution in [1.82, 2.24) is 0 Å². The molecular weight excluding hydrogens is 424 g/mol. The van der Waals surface area contributed by atoms with E-state index in [2.05, 4.69) is 29.7 Å². The summed E-state index contributed by atoms with van der Waals surface area (Å²) in [7, 11) is 0. The number of carbonyl (C=O) groups excluding carboxylic acids is 1. The lowest BCUT2D eigenvalue weighted by Crippen LogP contribution is -2.21. The summed E-state index contributed by atoms with van der Waals surface area (Å²) >= 11 is 0. The Kier molecular flexibility index (Phi) is 10.8. The first-order valence-electron chi connectivity index (χ1n) is 12.3. The molecule has 0 aliphatic heterocycles. The Bertz CT molecular complexity index is 991. The predicted molar refractivity (Wildman–Crippen MR) is 140 cm³/mol. The van der Waals surface area contributed by atoms with Crippen molar-refractivity contribution in [3.8, 4) is 11.5 Å². The van der Waals surface area contributed by atoms with Crippen molar-refractivity contribution in [3.05, 3.63) is 84.4 Å². The van der Waals surface area contributed by atoms with Crippen LogP contribution in [0.1, 0.15) is 44.6 Å². The predicted octanol–water partition coefficient (Wildman–Crippen LogP) is 6.71. The zero-order chi connectivity index (χ0) is 23.8. The smallest absolute Gasteiger partial charge is 0.243 e. The van der Waals surface area contributed by atoms with Crippen molar-refractivity contribution in [2.24, 2.45) is 0 Å². The van der Waals surface area contributed by atoms with Crippen LogP contribution in [0.15, 0.2) is 78.9 Å². The molecule has 1 amide bonds. The van der Waals surface area contributed by atoms with Gasteiger partial charge in [-0.25, -0.2) is 0 Å². The largest absolute Gasteiger partial charge is 0.494 e. The Morgan fingerprint density at radius 3 is 2.18 bits per heavy atom. The molecule has 0 saturated heterocycles. The number of rotatable bonds is 15. The Morgan fingerprint density at radius 2 is 1.41 bits per heavy atom. The Hall–Kier alpha value is -3.47. The number of carbonyl (C=O) groups is 1. The number of nitrogens with one attached hydrogen (secondary N) is 2. The van der Waals surface area contributed by atoms with Crippen LogP contribution in [0.3, 0.4) is 0 Å². The van der Waals surface area contributed by atoms with Gasteiger partial charge < -0.3 is 20.1 Å². The highest BCUT2D eigenvalue weighted by Gasteiger charge is 2.05. The second-order valence-electron chi connectivity index (χ2n) is 8.30. The summed E-state index contributed by atoms with van der Waals surface area (Å²) in [6.45, 7) is 3.68. The summed E-state index contributed by atoms with van der Waals surface area (Å²) in [4.78, 5) is 12.4. The molecule has 0 saturated carbocycles. The summed E-state index contributed by atoms with van der Waals surface area (Å²) in [5.74, 6) is 1.44. The van der Waals surface area contributed by atoms with Crippen molar-refractivity contribution in [1.29, 1.82) is 0 Å². The maximum absolute atomic E-state index is 12.4. The van der Waals surface area contributed by atoms with Crippen LogP contribution in [0.25, 0.3) is 0 Å². The maximum Gasteiger partial charge on any atom is 0.243 e. The van der Waals surface area contributed by atoms with Gasteiger partial charge in [0.1, 0.15) is 11.5 Å². The van der Waals surface area contributed by atoms with Gasteiger partial charge in [0.25, 0.3) is 0 Å². The molecule has 0 unspecified atom stereocenters. The van der Waals surface area contributed by atoms with Crippen LogP contribution < -0.4 is 20.1 Å². The van der Waals surface area contributed by atoms with Crippen molar-refractivity contribution in [2.75, 3.05) is 30.4 Å². The topological polar surface area (TPSA) is 59.6 Å². The third kappa shape index (κ3) is 9.57. The molecule has 0 spiro atoms. The molecule has 0 aromatic heterocycles. The third-order valence-corrected chi connectivity index (χ3v) is 5.42. The minimum Gasteiger partial charge on any atom is -0.494 e. The summed E-state index contributed by atoms with van der Waals surface area (Å²) in [5, 5.41) is 6.09. The SMILES string of the molecule is CCCCCCCOc1cccc(NC(=O)CNc2cccc(OCCc3ccccc3)c2)c1. The zero-order valence-corrected chi connectivity index (χ0v) is 20.1. The van der Waals surface area contributed by atoms with Crippen molar-refractivity contribution in [2.45, 2.75) is 45.4 Å². The van der Waals surface area contributed by atoms with Crippen LogP contribution in [0.4, 0.5) is 11.4 Å². The van der Waals surface area contributed by atoms with Crippen molar-refractivity contribution >= 4 is 17.3 Å². The first-order valence-corrected chi connectivity index (χ1v) is 12.3. The minimum absolute atomic E-state index is 0.118. The number of unbranched alkanes of at least 4 members (excludes halogenated alkanes) is 4. The van der Waals surface area contributed by atoms with Crippen LogP contribution in [-0.2, 0) is 11.2 Å². The van der Waals surface area contributed by atoms with E-state index in [4.69, 9.17) is 9.47 Å². The summed E-state index contributed by atoms with van der Waals surface area (Å²) in [6.07, 6.45) is 6.87. The average Bonchev–Trinajstić information content (AvgIpc) is 2.86. The quantitative estimate of drug-likeness (QED) is 0.248. The van der Waals surface area contributed by atoms with Crippen LogP contribution in [-0.4, -0.2) is 25.7 Å². The maximum atomic E-state index is 12.4. The Balaban J connectivity index is 1.38. The first kappa shape index (κ1) is 25.2. The van der Waals surface area contributed by atoms with E-state index < -0.39 is 0 Å². The van der Waals surface area contributed by atoms with Crippen LogP contribution in [0.5, 0.6) is 11.5 Å². The molecule has 3 aromatic carbocycles. The van der Waals surface area contributed by atoms with Crippen molar-refractivity contribution < 1.29 is 14.3 Å². The van der Waals surface area contributed by atoms with Crippen LogP contribution in [0, 0.1) is 0 Å². The number of hydrogen-bond acceptors (Lipinski definition) is 4. The monoisotopic (exact) mass is 460 g/mol. The number of anilines is 2. The number of hydrogen-bond donors (Lipinski definition) is 2. The lowest BCUT2D eigenvalue weighted by atomic mass is 10.2. The molecule has 3 rings (SSSR count). The molecule has 180 valence electrons. The number of ether oxygens (including phenoxy) is 2. The van der Waals surface area contributed by atoms with E-state index in [1.54, 1.807) is 0 Å². The standard InChI is InChI=1S/C29H36N2O3/c1-2-3-4-5-9-19-33-28-17-11-15-26(22-28)31-29(32)23-30-25-14-10-16-27(21-25)34-20-18-24-12-7-6-8-13-24/h6-8,10-17,21-22,30H,2-5,9,18-20,23H2,1H3,(H,31,32). The molecule has 3 aromatic rings. The van der Waals surface area contributed by atoms with Gasteiger partial charge in [0.2, 0.25) is 5.91 Å². The highest BCUT2D eigenvalue weighted by molar-refractivity contribution is 5.93. The lowest BCUT2D eigenvalue weighted by molar-refractivity contribution is -0.114. The molecule has 0 atom stereocenters. The lowest BCUT2D eigenvalue weighted by Gasteiger charge is -2.11. The van der Waals surface area contributed by atoms with Crippen LogP contribution in [0.2, 0.25) is 0 Å². The van der Waals surface area contributed by atoms with Gasteiger partial charge in [-0.2, -0.15) is 0 Å². The number of amides is 1. The highest BCUT2D eigenvalue weighted by atomic mass is 16.5. The first-order chi connectivity index (χ1) is 16.7. The molecule has 2 N–H and O–H groups in total. The molecule has 0 aliphatic carbocycles. The van der Waals surface area contributed by atoms with Gasteiger partial charge in [0.05, 0.1) is 19.8 Å². The van der Waals surface area contributed by atoms with Gasteiger partial charge >= 0.3 is 0 Å². The van der Waals surface area contributed by atoms with Crippen molar-refractivity contribution in [3.63, 3.8) is 0 Å².